The molecule has 1 aliphatic rings. The molecular weight excluding hydrogens is 320 g/mol. The maximum absolute atomic E-state index is 12.4. The molecule has 0 spiro atoms. The Morgan fingerprint density at radius 1 is 1.12 bits per heavy atom. The van der Waals surface area contributed by atoms with Crippen LogP contribution in [0.1, 0.15) is 13.8 Å². The molecule has 6 heteroatoms. The number of urea groups is 1. The monoisotopic (exact) mass is 344 g/mol. The average molecular weight is 344 g/mol. The molecular formula is C18H24N4OS. The molecule has 3 rings (SSSR count). The molecule has 1 aliphatic heterocycles. The number of piperazine rings is 1. The summed E-state index contributed by atoms with van der Waals surface area (Å²) < 4.78 is 0. The van der Waals surface area contributed by atoms with Gasteiger partial charge in [-0.05, 0) is 13.8 Å². The van der Waals surface area contributed by atoms with Gasteiger partial charge in [0.15, 0.2) is 5.13 Å². The maximum atomic E-state index is 12.4. The Morgan fingerprint density at radius 2 is 1.79 bits per heavy atom. The van der Waals surface area contributed by atoms with Crippen LogP contribution in [0.25, 0.3) is 11.3 Å². The Hall–Kier alpha value is -2.08. The van der Waals surface area contributed by atoms with Crippen molar-refractivity contribution in [3.8, 4) is 11.3 Å². The van der Waals surface area contributed by atoms with Crippen LogP contribution in [0.5, 0.6) is 0 Å². The number of carbonyl (C=O) groups is 1. The summed E-state index contributed by atoms with van der Waals surface area (Å²) in [5.41, 5.74) is 2.17. The Morgan fingerprint density at radius 3 is 2.42 bits per heavy atom. The molecule has 1 saturated heterocycles. The highest BCUT2D eigenvalue weighted by atomic mass is 32.1. The SMILES string of the molecule is CCN(CC)C(=O)N1CCN(c2nc(-c3ccccc3)cs2)CC1. The number of nitrogens with zero attached hydrogens (tertiary/aromatic N) is 4. The third-order valence-electron chi connectivity index (χ3n) is 4.42. The number of amides is 2. The Bertz CT molecular complexity index is 661. The van der Waals surface area contributed by atoms with Gasteiger partial charge in [0.2, 0.25) is 0 Å². The molecule has 0 atom stereocenters. The molecule has 24 heavy (non-hydrogen) atoms. The van der Waals surface area contributed by atoms with Crippen LogP contribution in [-0.4, -0.2) is 60.1 Å². The van der Waals surface area contributed by atoms with Crippen LogP contribution in [0, 0.1) is 0 Å². The van der Waals surface area contributed by atoms with Crippen molar-refractivity contribution in [2.75, 3.05) is 44.2 Å². The standard InChI is InChI=1S/C18H24N4OS/c1-3-20(4-2)18(23)22-12-10-21(11-13-22)17-19-16(14-24-17)15-8-6-5-7-9-15/h5-9,14H,3-4,10-13H2,1-2H3. The van der Waals surface area contributed by atoms with Crippen LogP contribution in [-0.2, 0) is 0 Å². The quantitative estimate of drug-likeness (QED) is 0.853. The molecule has 1 fully saturated rings. The van der Waals surface area contributed by atoms with E-state index in [1.807, 2.05) is 41.8 Å². The van der Waals surface area contributed by atoms with E-state index in [1.54, 1.807) is 11.3 Å². The number of carbonyl (C=O) groups excluding carboxylic acids is 1. The first-order valence-electron chi connectivity index (χ1n) is 8.52. The summed E-state index contributed by atoms with van der Waals surface area (Å²) in [6.45, 7) is 8.79. The summed E-state index contributed by atoms with van der Waals surface area (Å²) in [5.74, 6) is 0. The smallest absolute Gasteiger partial charge is 0.320 e. The predicted molar refractivity (Wildman–Crippen MR) is 99.7 cm³/mol. The molecule has 2 aromatic rings. The third kappa shape index (κ3) is 3.53. The topological polar surface area (TPSA) is 39.7 Å². The van der Waals surface area contributed by atoms with Crippen molar-refractivity contribution in [3.63, 3.8) is 0 Å². The largest absolute Gasteiger partial charge is 0.345 e. The Labute approximate surface area is 147 Å². The van der Waals surface area contributed by atoms with Crippen LogP contribution < -0.4 is 4.90 Å². The van der Waals surface area contributed by atoms with Gasteiger partial charge >= 0.3 is 6.03 Å². The fourth-order valence-electron chi connectivity index (χ4n) is 2.93. The highest BCUT2D eigenvalue weighted by Gasteiger charge is 2.25. The normalized spacial score (nSPS) is 14.8. The van der Waals surface area contributed by atoms with E-state index in [0.29, 0.717) is 0 Å². The lowest BCUT2D eigenvalue weighted by atomic mass is 10.2. The first-order valence-corrected chi connectivity index (χ1v) is 9.40. The summed E-state index contributed by atoms with van der Waals surface area (Å²) in [4.78, 5) is 23.3. The minimum Gasteiger partial charge on any atom is -0.345 e. The molecule has 0 aliphatic carbocycles. The fourth-order valence-corrected chi connectivity index (χ4v) is 3.82. The molecule has 0 bridgehead atoms. The number of anilines is 1. The minimum absolute atomic E-state index is 0.156. The molecule has 0 saturated carbocycles. The molecule has 128 valence electrons. The zero-order chi connectivity index (χ0) is 16.9. The van der Waals surface area contributed by atoms with E-state index in [4.69, 9.17) is 4.98 Å². The average Bonchev–Trinajstić information content (AvgIpc) is 3.14. The Kier molecular flexibility index (Phi) is 5.35. The summed E-state index contributed by atoms with van der Waals surface area (Å²) in [6.07, 6.45) is 0. The summed E-state index contributed by atoms with van der Waals surface area (Å²) in [7, 11) is 0. The second-order valence-corrected chi connectivity index (χ2v) is 6.65. The second-order valence-electron chi connectivity index (χ2n) is 5.81. The van der Waals surface area contributed by atoms with Gasteiger partial charge in [-0.1, -0.05) is 30.3 Å². The van der Waals surface area contributed by atoms with E-state index in [9.17, 15) is 4.79 Å². The third-order valence-corrected chi connectivity index (χ3v) is 5.32. The van der Waals surface area contributed by atoms with Gasteiger partial charge < -0.3 is 14.7 Å². The van der Waals surface area contributed by atoms with E-state index in [1.165, 1.54) is 0 Å². The van der Waals surface area contributed by atoms with Crippen molar-refractivity contribution in [1.82, 2.24) is 14.8 Å². The van der Waals surface area contributed by atoms with E-state index in [-0.39, 0.29) is 6.03 Å². The number of hydrogen-bond acceptors (Lipinski definition) is 4. The van der Waals surface area contributed by atoms with Crippen molar-refractivity contribution < 1.29 is 4.79 Å². The number of hydrogen-bond donors (Lipinski definition) is 0. The summed E-state index contributed by atoms with van der Waals surface area (Å²) in [6, 6.07) is 10.4. The predicted octanol–water partition coefficient (Wildman–Crippen LogP) is 3.39. The summed E-state index contributed by atoms with van der Waals surface area (Å²) in [5, 5.41) is 3.15. The maximum Gasteiger partial charge on any atom is 0.320 e. The van der Waals surface area contributed by atoms with E-state index in [2.05, 4.69) is 22.4 Å². The van der Waals surface area contributed by atoms with Crippen molar-refractivity contribution in [1.29, 1.82) is 0 Å². The molecule has 2 amide bonds. The zero-order valence-electron chi connectivity index (χ0n) is 14.3. The highest BCUT2D eigenvalue weighted by molar-refractivity contribution is 7.14. The lowest BCUT2D eigenvalue weighted by Gasteiger charge is -2.37. The molecule has 0 N–H and O–H groups in total. The van der Waals surface area contributed by atoms with Crippen LogP contribution in [0.2, 0.25) is 0 Å². The highest BCUT2D eigenvalue weighted by Crippen LogP contribution is 2.28. The van der Waals surface area contributed by atoms with Crippen molar-refractivity contribution in [3.05, 3.63) is 35.7 Å². The second kappa shape index (κ2) is 7.66. The molecule has 2 heterocycles. The molecule has 0 radical (unpaired) electrons. The first-order chi connectivity index (χ1) is 11.7. The lowest BCUT2D eigenvalue weighted by molar-refractivity contribution is 0.154. The van der Waals surface area contributed by atoms with Crippen LogP contribution in [0.4, 0.5) is 9.93 Å². The van der Waals surface area contributed by atoms with Gasteiger partial charge in [0.05, 0.1) is 5.69 Å². The van der Waals surface area contributed by atoms with Gasteiger partial charge in [-0.15, -0.1) is 11.3 Å². The van der Waals surface area contributed by atoms with Gasteiger partial charge in [-0.2, -0.15) is 0 Å². The molecule has 0 unspecified atom stereocenters. The fraction of sp³-hybridized carbons (Fsp3) is 0.444. The van der Waals surface area contributed by atoms with Crippen LogP contribution >= 0.6 is 11.3 Å². The van der Waals surface area contributed by atoms with E-state index in [0.717, 1.165) is 55.7 Å². The molecule has 1 aromatic heterocycles. The van der Waals surface area contributed by atoms with Gasteiger partial charge in [-0.3, -0.25) is 0 Å². The van der Waals surface area contributed by atoms with E-state index >= 15 is 0 Å². The van der Waals surface area contributed by atoms with Gasteiger partial charge in [0.1, 0.15) is 0 Å². The molecule has 5 nitrogen and oxygen atoms in total. The van der Waals surface area contributed by atoms with Gasteiger partial charge in [0, 0.05) is 50.2 Å². The Balaban J connectivity index is 1.61. The number of benzene rings is 1. The van der Waals surface area contributed by atoms with Crippen molar-refractivity contribution in [2.24, 2.45) is 0 Å². The van der Waals surface area contributed by atoms with E-state index < -0.39 is 0 Å². The van der Waals surface area contributed by atoms with Crippen molar-refractivity contribution >= 4 is 22.5 Å². The van der Waals surface area contributed by atoms with Crippen LogP contribution in [0.3, 0.4) is 0 Å². The minimum atomic E-state index is 0.156. The number of rotatable bonds is 4. The van der Waals surface area contributed by atoms with Gasteiger partial charge in [0.25, 0.3) is 0 Å². The summed E-state index contributed by atoms with van der Waals surface area (Å²) >= 11 is 1.68. The van der Waals surface area contributed by atoms with Crippen molar-refractivity contribution in [2.45, 2.75) is 13.8 Å². The van der Waals surface area contributed by atoms with Gasteiger partial charge in [-0.25, -0.2) is 9.78 Å². The zero-order valence-corrected chi connectivity index (χ0v) is 15.1. The first kappa shape index (κ1) is 16.8. The number of aromatic nitrogens is 1. The van der Waals surface area contributed by atoms with Crippen LogP contribution in [0.15, 0.2) is 35.7 Å². The number of thiazole rings is 1. The lowest BCUT2D eigenvalue weighted by Crippen LogP contribution is -2.52. The molecule has 1 aromatic carbocycles.